The number of benzene rings is 2. The van der Waals surface area contributed by atoms with Crippen LogP contribution >= 0.6 is 0 Å². The highest BCUT2D eigenvalue weighted by atomic mass is 19.1. The summed E-state index contributed by atoms with van der Waals surface area (Å²) >= 11 is 0. The third-order valence-corrected chi connectivity index (χ3v) is 5.92. The van der Waals surface area contributed by atoms with E-state index in [0.29, 0.717) is 42.4 Å². The van der Waals surface area contributed by atoms with Gasteiger partial charge >= 0.3 is 0 Å². The number of anilines is 1. The molecule has 9 heteroatoms. The third kappa shape index (κ3) is 4.21. The highest BCUT2D eigenvalue weighted by Gasteiger charge is 2.34. The van der Waals surface area contributed by atoms with Crippen molar-refractivity contribution in [3.63, 3.8) is 0 Å². The van der Waals surface area contributed by atoms with Crippen LogP contribution in [0.2, 0.25) is 0 Å². The molecule has 2 aliphatic rings. The van der Waals surface area contributed by atoms with E-state index < -0.39 is 11.4 Å². The fraction of sp³-hybridized carbons (Fsp3) is 0.320. The van der Waals surface area contributed by atoms with E-state index in [0.717, 1.165) is 12.0 Å². The molecule has 0 aliphatic carbocycles. The Hall–Kier alpha value is -3.88. The van der Waals surface area contributed by atoms with Crippen molar-refractivity contribution in [3.05, 3.63) is 65.1 Å². The summed E-state index contributed by atoms with van der Waals surface area (Å²) in [4.78, 5) is 26.9. The Morgan fingerprint density at radius 2 is 1.97 bits per heavy atom. The molecule has 0 atom stereocenters. The second kappa shape index (κ2) is 8.16. The summed E-state index contributed by atoms with van der Waals surface area (Å²) in [7, 11) is 1.76. The Morgan fingerprint density at radius 3 is 2.62 bits per heavy atom. The van der Waals surface area contributed by atoms with Crippen molar-refractivity contribution in [1.29, 1.82) is 0 Å². The number of fused-ring (bicyclic) bond motifs is 1. The molecule has 1 N–H and O–H groups in total. The number of carbonyl (C=O) groups is 2. The summed E-state index contributed by atoms with van der Waals surface area (Å²) in [6, 6.07) is 9.16. The van der Waals surface area contributed by atoms with Crippen LogP contribution in [0.3, 0.4) is 0 Å². The maximum atomic E-state index is 14.7. The number of hydrogen-bond acceptors (Lipinski definition) is 5. The molecule has 0 saturated carbocycles. The first kappa shape index (κ1) is 21.9. The molecule has 5 rings (SSSR count). The van der Waals surface area contributed by atoms with Gasteiger partial charge in [-0.1, -0.05) is 0 Å². The van der Waals surface area contributed by atoms with E-state index >= 15 is 0 Å². The molecule has 1 aromatic heterocycles. The smallest absolute Gasteiger partial charge is 0.257 e. The topological polar surface area (TPSA) is 85.7 Å². The number of rotatable bonds is 5. The van der Waals surface area contributed by atoms with Gasteiger partial charge in [0.25, 0.3) is 11.8 Å². The van der Waals surface area contributed by atoms with E-state index in [1.807, 2.05) is 13.8 Å². The van der Waals surface area contributed by atoms with E-state index in [-0.39, 0.29) is 23.1 Å². The van der Waals surface area contributed by atoms with Crippen molar-refractivity contribution >= 4 is 17.6 Å². The maximum Gasteiger partial charge on any atom is 0.257 e. The zero-order valence-electron chi connectivity index (χ0n) is 19.2. The molecule has 2 amide bonds. The highest BCUT2D eigenvalue weighted by molar-refractivity contribution is 6.04. The molecule has 2 aliphatic heterocycles. The van der Waals surface area contributed by atoms with Gasteiger partial charge in [-0.15, -0.1) is 0 Å². The van der Waals surface area contributed by atoms with Crippen molar-refractivity contribution in [2.45, 2.75) is 32.3 Å². The maximum absolute atomic E-state index is 14.7. The van der Waals surface area contributed by atoms with Crippen LogP contribution in [-0.4, -0.2) is 45.2 Å². The van der Waals surface area contributed by atoms with Gasteiger partial charge in [0, 0.05) is 56.0 Å². The average molecular weight is 464 g/mol. The fourth-order valence-corrected chi connectivity index (χ4v) is 4.09. The zero-order chi connectivity index (χ0) is 24.0. The third-order valence-electron chi connectivity index (χ3n) is 5.92. The Morgan fingerprint density at radius 1 is 1.18 bits per heavy atom. The van der Waals surface area contributed by atoms with Gasteiger partial charge < -0.3 is 19.7 Å². The summed E-state index contributed by atoms with van der Waals surface area (Å²) in [5.74, 6) is 0.245. The number of carbonyl (C=O) groups excluding carboxylic acids is 2. The molecule has 3 heterocycles. The van der Waals surface area contributed by atoms with Crippen molar-refractivity contribution < 1.29 is 23.5 Å². The van der Waals surface area contributed by atoms with Crippen molar-refractivity contribution in [2.75, 3.05) is 18.4 Å². The summed E-state index contributed by atoms with van der Waals surface area (Å²) in [6.45, 7) is 5.18. The van der Waals surface area contributed by atoms with Crippen molar-refractivity contribution in [2.24, 2.45) is 7.05 Å². The molecule has 176 valence electrons. The second-order valence-corrected chi connectivity index (χ2v) is 9.21. The van der Waals surface area contributed by atoms with Gasteiger partial charge in [-0.05, 0) is 44.5 Å². The molecule has 34 heavy (non-hydrogen) atoms. The Kier molecular flexibility index (Phi) is 5.27. The minimum absolute atomic E-state index is 0.0187. The SMILES string of the molecule is Cn1ccc(NC(=O)c2cc(Oc3ccc(C(=O)N4CCC4)c(F)c3)c3c(c2)OC(C)(C)C3)n1. The summed E-state index contributed by atoms with van der Waals surface area (Å²) in [5, 5.41) is 6.91. The second-order valence-electron chi connectivity index (χ2n) is 9.21. The summed E-state index contributed by atoms with van der Waals surface area (Å²) in [5.41, 5.74) is 0.655. The van der Waals surface area contributed by atoms with E-state index in [1.54, 1.807) is 47.1 Å². The molecule has 1 saturated heterocycles. The minimum Gasteiger partial charge on any atom is -0.487 e. The van der Waals surface area contributed by atoms with Crippen LogP contribution in [0.25, 0.3) is 0 Å². The van der Waals surface area contributed by atoms with Crippen molar-refractivity contribution in [3.8, 4) is 17.2 Å². The highest BCUT2D eigenvalue weighted by Crippen LogP contribution is 2.43. The lowest BCUT2D eigenvalue weighted by Crippen LogP contribution is -2.42. The van der Waals surface area contributed by atoms with Gasteiger partial charge in [-0.3, -0.25) is 14.3 Å². The normalized spacial score (nSPS) is 15.8. The van der Waals surface area contributed by atoms with Crippen LogP contribution in [0.5, 0.6) is 17.2 Å². The Balaban J connectivity index is 1.44. The Bertz CT molecular complexity index is 1300. The van der Waals surface area contributed by atoms with Crippen molar-refractivity contribution in [1.82, 2.24) is 14.7 Å². The van der Waals surface area contributed by atoms with Gasteiger partial charge in [-0.2, -0.15) is 5.10 Å². The van der Waals surface area contributed by atoms with Gasteiger partial charge in [-0.25, -0.2) is 4.39 Å². The summed E-state index contributed by atoms with van der Waals surface area (Å²) < 4.78 is 28.4. The lowest BCUT2D eigenvalue weighted by molar-refractivity contribution is 0.0646. The predicted octanol–water partition coefficient (Wildman–Crippen LogP) is 4.16. The largest absolute Gasteiger partial charge is 0.487 e. The molecule has 1 fully saturated rings. The first-order chi connectivity index (χ1) is 16.2. The first-order valence-corrected chi connectivity index (χ1v) is 11.1. The molecule has 0 spiro atoms. The van der Waals surface area contributed by atoms with Crippen LogP contribution < -0.4 is 14.8 Å². The lowest BCUT2D eigenvalue weighted by Gasteiger charge is -2.31. The first-order valence-electron chi connectivity index (χ1n) is 11.1. The molecule has 0 bridgehead atoms. The van der Waals surface area contributed by atoms with Crippen LogP contribution in [0.1, 0.15) is 46.5 Å². The molecular weight excluding hydrogens is 439 g/mol. The number of nitrogens with zero attached hydrogens (tertiary/aromatic N) is 3. The van der Waals surface area contributed by atoms with Gasteiger partial charge in [0.1, 0.15) is 28.7 Å². The standard InChI is InChI=1S/C25H25FN4O4/c1-25(2)14-18-20(33-16-5-6-17(19(26)13-16)24(32)30-8-4-9-30)11-15(12-21(18)34-25)23(31)27-22-7-10-29(3)28-22/h5-7,10-13H,4,8-9,14H2,1-3H3,(H,27,28,31). The van der Waals surface area contributed by atoms with E-state index in [4.69, 9.17) is 9.47 Å². The quantitative estimate of drug-likeness (QED) is 0.613. The summed E-state index contributed by atoms with van der Waals surface area (Å²) in [6.07, 6.45) is 3.22. The number of amides is 2. The van der Waals surface area contributed by atoms with E-state index in [1.165, 1.54) is 12.1 Å². The van der Waals surface area contributed by atoms with Gasteiger partial charge in [0.15, 0.2) is 5.82 Å². The van der Waals surface area contributed by atoms with E-state index in [2.05, 4.69) is 10.4 Å². The molecule has 0 radical (unpaired) electrons. The number of hydrogen-bond donors (Lipinski definition) is 1. The molecule has 0 unspecified atom stereocenters. The lowest BCUT2D eigenvalue weighted by atomic mass is 9.99. The minimum atomic E-state index is -0.647. The van der Waals surface area contributed by atoms with Crippen LogP contribution in [0.15, 0.2) is 42.6 Å². The van der Waals surface area contributed by atoms with Crippen LogP contribution in [0.4, 0.5) is 10.2 Å². The Labute approximate surface area is 196 Å². The molecule has 8 nitrogen and oxygen atoms in total. The molecule has 2 aromatic carbocycles. The monoisotopic (exact) mass is 464 g/mol. The van der Waals surface area contributed by atoms with Crippen LogP contribution in [0, 0.1) is 5.82 Å². The molecular formula is C25H25FN4O4. The average Bonchev–Trinajstić information content (AvgIpc) is 3.27. The number of halogens is 1. The van der Waals surface area contributed by atoms with Gasteiger partial charge in [0.05, 0.1) is 5.56 Å². The predicted molar refractivity (Wildman–Crippen MR) is 123 cm³/mol. The van der Waals surface area contributed by atoms with Gasteiger partial charge in [0.2, 0.25) is 0 Å². The molecule has 3 aromatic rings. The number of nitrogens with one attached hydrogen (secondary N) is 1. The number of aromatic nitrogens is 2. The number of likely N-dealkylation sites (tertiary alicyclic amines) is 1. The zero-order valence-corrected chi connectivity index (χ0v) is 19.2. The number of ether oxygens (including phenoxy) is 2. The fourth-order valence-electron chi connectivity index (χ4n) is 4.09. The van der Waals surface area contributed by atoms with Crippen LogP contribution in [-0.2, 0) is 13.5 Å². The van der Waals surface area contributed by atoms with E-state index in [9.17, 15) is 14.0 Å². The number of aryl methyl sites for hydroxylation is 1.